The molecular weight excluding hydrogens is 488 g/mol. The van der Waals surface area contributed by atoms with Crippen molar-refractivity contribution in [1.82, 2.24) is 10.2 Å². The summed E-state index contributed by atoms with van der Waals surface area (Å²) in [6.07, 6.45) is 2.82. The van der Waals surface area contributed by atoms with Crippen LogP contribution in [0.5, 0.6) is 0 Å². The fraction of sp³-hybridized carbons (Fsp3) is 0.423. The molecule has 0 unspecified atom stereocenters. The highest BCUT2D eigenvalue weighted by atomic mass is 19.2. The molecule has 2 fully saturated rings. The van der Waals surface area contributed by atoms with Gasteiger partial charge in [-0.3, -0.25) is 19.7 Å². The zero-order valence-electron chi connectivity index (χ0n) is 20.0. The Morgan fingerprint density at radius 1 is 1.14 bits per heavy atom. The first-order valence-corrected chi connectivity index (χ1v) is 12.1. The molecule has 2 aromatic rings. The molecule has 9 nitrogen and oxygen atoms in total. The number of nitrogens with one attached hydrogen (secondary N) is 1. The van der Waals surface area contributed by atoms with E-state index < -0.39 is 40.5 Å². The molecule has 1 heterocycles. The number of carbonyl (C=O) groups is 3. The minimum Gasteiger partial charge on any atom is -0.459 e. The van der Waals surface area contributed by atoms with Crippen LogP contribution >= 0.6 is 0 Å². The molecule has 1 saturated carbocycles. The number of carbonyl (C=O) groups excluding carboxylic acids is 3. The number of nitro benzene ring substituents is 1. The number of non-ortho nitro benzene ring substituents is 1. The summed E-state index contributed by atoms with van der Waals surface area (Å²) in [7, 11) is 0. The summed E-state index contributed by atoms with van der Waals surface area (Å²) in [4.78, 5) is 49.7. The second-order valence-corrected chi connectivity index (χ2v) is 9.46. The highest BCUT2D eigenvalue weighted by Crippen LogP contribution is 2.34. The number of benzene rings is 2. The Balaban J connectivity index is 1.34. The first-order chi connectivity index (χ1) is 17.7. The Bertz CT molecular complexity index is 1190. The van der Waals surface area contributed by atoms with Gasteiger partial charge in [0, 0.05) is 43.1 Å². The molecular formula is C26H27F2N3O6. The van der Waals surface area contributed by atoms with E-state index in [0.717, 1.165) is 18.9 Å². The van der Waals surface area contributed by atoms with Gasteiger partial charge in [-0.05, 0) is 42.5 Å². The van der Waals surface area contributed by atoms with Gasteiger partial charge in [0.05, 0.1) is 4.92 Å². The van der Waals surface area contributed by atoms with Gasteiger partial charge in [-0.2, -0.15) is 0 Å². The van der Waals surface area contributed by atoms with E-state index in [0.29, 0.717) is 24.3 Å². The van der Waals surface area contributed by atoms with Gasteiger partial charge in [-0.15, -0.1) is 0 Å². The van der Waals surface area contributed by atoms with Gasteiger partial charge in [0.1, 0.15) is 12.6 Å². The monoisotopic (exact) mass is 515 g/mol. The van der Waals surface area contributed by atoms with Crippen LogP contribution in [0.2, 0.25) is 0 Å². The zero-order valence-corrected chi connectivity index (χ0v) is 20.0. The number of rotatable bonds is 11. The summed E-state index contributed by atoms with van der Waals surface area (Å²) in [5, 5.41) is 13.5. The molecule has 4 rings (SSSR count). The van der Waals surface area contributed by atoms with Crippen molar-refractivity contribution in [3.8, 4) is 0 Å². The Kier molecular flexibility index (Phi) is 8.10. The molecule has 0 aromatic heterocycles. The van der Waals surface area contributed by atoms with Crippen LogP contribution in [-0.4, -0.2) is 39.7 Å². The second-order valence-electron chi connectivity index (χ2n) is 9.46. The predicted octanol–water partition coefficient (Wildman–Crippen LogP) is 3.78. The second kappa shape index (κ2) is 11.4. The number of nitrogens with zero attached hydrogens (tertiary/aromatic N) is 2. The first kappa shape index (κ1) is 26.2. The van der Waals surface area contributed by atoms with Crippen molar-refractivity contribution in [2.24, 2.45) is 5.92 Å². The van der Waals surface area contributed by atoms with Crippen molar-refractivity contribution in [2.45, 2.75) is 63.8 Å². The molecule has 2 aliphatic rings. The van der Waals surface area contributed by atoms with Crippen molar-refractivity contribution >= 4 is 23.5 Å². The lowest BCUT2D eigenvalue weighted by Gasteiger charge is -2.26. The van der Waals surface area contributed by atoms with Gasteiger partial charge in [-0.1, -0.05) is 25.0 Å². The van der Waals surface area contributed by atoms with Crippen molar-refractivity contribution in [2.75, 3.05) is 0 Å². The predicted molar refractivity (Wildman–Crippen MR) is 127 cm³/mol. The van der Waals surface area contributed by atoms with Gasteiger partial charge in [0.15, 0.2) is 11.6 Å². The lowest BCUT2D eigenvalue weighted by atomic mass is 10.1. The van der Waals surface area contributed by atoms with Crippen LogP contribution in [0, 0.1) is 27.7 Å². The Morgan fingerprint density at radius 3 is 2.54 bits per heavy atom. The molecule has 0 radical (unpaired) electrons. The maximum Gasteiger partial charge on any atom is 0.328 e. The Hall–Kier alpha value is -3.89. The molecule has 1 aliphatic heterocycles. The highest BCUT2D eigenvalue weighted by molar-refractivity contribution is 5.86. The van der Waals surface area contributed by atoms with E-state index in [9.17, 15) is 33.3 Å². The number of nitro groups is 1. The highest BCUT2D eigenvalue weighted by Gasteiger charge is 2.35. The van der Waals surface area contributed by atoms with Crippen molar-refractivity contribution in [1.29, 1.82) is 0 Å². The van der Waals surface area contributed by atoms with Crippen molar-refractivity contribution in [3.63, 3.8) is 0 Å². The van der Waals surface area contributed by atoms with E-state index in [4.69, 9.17) is 4.74 Å². The molecule has 2 amide bonds. The van der Waals surface area contributed by atoms with Crippen LogP contribution in [0.1, 0.15) is 49.7 Å². The molecule has 2 atom stereocenters. The van der Waals surface area contributed by atoms with Crippen LogP contribution in [0.15, 0.2) is 42.5 Å². The number of ether oxygens (including phenoxy) is 1. The third-order valence-corrected chi connectivity index (χ3v) is 6.66. The number of esters is 1. The standard InChI is InChI=1S/C26H27F2N3O6/c27-21-3-1-2-18(25(21)28)14-30-20(10-11-24(30)33)13-23(32)29-22(12-16-4-5-16)26(34)37-15-17-6-8-19(9-7-17)31(35)36/h1-3,6-9,16,20,22H,4-5,10-15H2,(H,29,32)/t20-,22-/m0/s1. The lowest BCUT2D eigenvalue weighted by Crippen LogP contribution is -2.44. The van der Waals surface area contributed by atoms with E-state index in [2.05, 4.69) is 5.32 Å². The topological polar surface area (TPSA) is 119 Å². The SMILES string of the molecule is O=C(C[C@@H]1CCC(=O)N1Cc1cccc(F)c1F)N[C@@H](CC1CC1)C(=O)OCc1ccc([N+](=O)[O-])cc1. The van der Waals surface area contributed by atoms with Gasteiger partial charge < -0.3 is 15.0 Å². The average molecular weight is 516 g/mol. The summed E-state index contributed by atoms with van der Waals surface area (Å²) in [6, 6.07) is 8.00. The fourth-order valence-electron chi connectivity index (χ4n) is 4.41. The van der Waals surface area contributed by atoms with Crippen LogP contribution in [0.3, 0.4) is 0 Å². The molecule has 0 spiro atoms. The zero-order chi connectivity index (χ0) is 26.5. The lowest BCUT2D eigenvalue weighted by molar-refractivity contribution is -0.384. The Morgan fingerprint density at radius 2 is 1.86 bits per heavy atom. The molecule has 11 heteroatoms. The fourth-order valence-corrected chi connectivity index (χ4v) is 4.41. The number of hydrogen-bond donors (Lipinski definition) is 1. The minimum atomic E-state index is -1.02. The normalized spacial score (nSPS) is 17.9. The summed E-state index contributed by atoms with van der Waals surface area (Å²) in [5.74, 6) is -3.03. The molecule has 1 aliphatic carbocycles. The van der Waals surface area contributed by atoms with Gasteiger partial charge in [-0.25, -0.2) is 13.6 Å². The van der Waals surface area contributed by atoms with Gasteiger partial charge in [0.25, 0.3) is 5.69 Å². The van der Waals surface area contributed by atoms with E-state index in [1.165, 1.54) is 41.3 Å². The van der Waals surface area contributed by atoms with Crippen LogP contribution in [0.4, 0.5) is 14.5 Å². The molecule has 1 N–H and O–H groups in total. The van der Waals surface area contributed by atoms with E-state index in [-0.39, 0.29) is 43.2 Å². The average Bonchev–Trinajstić information content (AvgIpc) is 3.63. The number of likely N-dealkylation sites (tertiary alicyclic amines) is 1. The van der Waals surface area contributed by atoms with Gasteiger partial charge in [0.2, 0.25) is 11.8 Å². The maximum atomic E-state index is 14.1. The molecule has 2 aromatic carbocycles. The molecule has 1 saturated heterocycles. The van der Waals surface area contributed by atoms with Crippen LogP contribution in [0.25, 0.3) is 0 Å². The minimum absolute atomic E-state index is 0.0297. The number of amides is 2. The van der Waals surface area contributed by atoms with E-state index in [1.807, 2.05) is 0 Å². The largest absolute Gasteiger partial charge is 0.459 e. The van der Waals surface area contributed by atoms with Crippen molar-refractivity contribution < 1.29 is 32.8 Å². The molecule has 37 heavy (non-hydrogen) atoms. The smallest absolute Gasteiger partial charge is 0.328 e. The van der Waals surface area contributed by atoms with Crippen LogP contribution in [-0.2, 0) is 32.3 Å². The summed E-state index contributed by atoms with van der Waals surface area (Å²) in [6.45, 7) is -0.249. The third-order valence-electron chi connectivity index (χ3n) is 6.66. The molecule has 196 valence electrons. The summed E-state index contributed by atoms with van der Waals surface area (Å²) < 4.78 is 33.1. The quantitative estimate of drug-likeness (QED) is 0.276. The van der Waals surface area contributed by atoms with E-state index in [1.54, 1.807) is 0 Å². The number of hydrogen-bond acceptors (Lipinski definition) is 6. The van der Waals surface area contributed by atoms with E-state index >= 15 is 0 Å². The number of halogens is 2. The maximum absolute atomic E-state index is 14.1. The first-order valence-electron chi connectivity index (χ1n) is 12.1. The van der Waals surface area contributed by atoms with Crippen molar-refractivity contribution in [3.05, 3.63) is 75.3 Å². The Labute approximate surface area is 211 Å². The summed E-state index contributed by atoms with van der Waals surface area (Å²) in [5.41, 5.74) is 0.524. The summed E-state index contributed by atoms with van der Waals surface area (Å²) >= 11 is 0. The molecule has 0 bridgehead atoms. The third kappa shape index (κ3) is 6.87. The van der Waals surface area contributed by atoms with Crippen LogP contribution < -0.4 is 5.32 Å². The van der Waals surface area contributed by atoms with Gasteiger partial charge >= 0.3 is 5.97 Å².